The average Bonchev–Trinajstić information content (AvgIpc) is 2.80. The third-order valence-corrected chi connectivity index (χ3v) is 2.51. The molecule has 1 aromatic heterocycles. The van der Waals surface area contributed by atoms with Crippen LogP contribution in [0.25, 0.3) is 0 Å². The lowest BCUT2D eigenvalue weighted by atomic mass is 10.0. The summed E-state index contributed by atoms with van der Waals surface area (Å²) in [6, 6.07) is 14.1. The van der Waals surface area contributed by atoms with Gasteiger partial charge >= 0.3 is 0 Å². The Bertz CT molecular complexity index is 380. The zero-order valence-corrected chi connectivity index (χ0v) is 8.60. The average molecular weight is 201 g/mol. The number of hydrogen-bond acceptors (Lipinski definition) is 2. The molecule has 0 spiro atoms. The molecule has 0 aliphatic carbocycles. The summed E-state index contributed by atoms with van der Waals surface area (Å²) in [7, 11) is 0. The Hall–Kier alpha value is -1.54. The molecule has 2 heteroatoms. The standard InChI is InChI=1S/C13H15NO/c14-13(11-5-2-1-3-6-11)9-8-12-7-4-10-15-12/h1-7,10,13H,8-9,14H2/t13-/m1/s1. The number of benzene rings is 1. The van der Waals surface area contributed by atoms with Crippen LogP contribution in [0.5, 0.6) is 0 Å². The first-order valence-corrected chi connectivity index (χ1v) is 5.19. The smallest absolute Gasteiger partial charge is 0.103 e. The van der Waals surface area contributed by atoms with Crippen LogP contribution in [0.4, 0.5) is 0 Å². The molecule has 0 fully saturated rings. The minimum Gasteiger partial charge on any atom is -0.469 e. The van der Waals surface area contributed by atoms with Crippen LogP contribution in [0.3, 0.4) is 0 Å². The van der Waals surface area contributed by atoms with Gasteiger partial charge in [-0.2, -0.15) is 0 Å². The van der Waals surface area contributed by atoms with Crippen LogP contribution in [0.2, 0.25) is 0 Å². The minimum atomic E-state index is 0.0938. The summed E-state index contributed by atoms with van der Waals surface area (Å²) in [6.07, 6.45) is 3.50. The van der Waals surface area contributed by atoms with E-state index in [4.69, 9.17) is 10.2 Å². The normalized spacial score (nSPS) is 12.6. The summed E-state index contributed by atoms with van der Waals surface area (Å²) in [5.41, 5.74) is 7.25. The molecule has 2 rings (SSSR count). The summed E-state index contributed by atoms with van der Waals surface area (Å²) in [6.45, 7) is 0. The highest BCUT2D eigenvalue weighted by atomic mass is 16.3. The molecule has 1 aromatic carbocycles. The van der Waals surface area contributed by atoms with Gasteiger partial charge in [0, 0.05) is 12.5 Å². The van der Waals surface area contributed by atoms with E-state index < -0.39 is 0 Å². The lowest BCUT2D eigenvalue weighted by Crippen LogP contribution is -2.10. The second kappa shape index (κ2) is 4.80. The maximum Gasteiger partial charge on any atom is 0.103 e. The van der Waals surface area contributed by atoms with E-state index in [0.717, 1.165) is 18.6 Å². The summed E-state index contributed by atoms with van der Waals surface area (Å²) in [4.78, 5) is 0. The largest absolute Gasteiger partial charge is 0.469 e. The fourth-order valence-electron chi connectivity index (χ4n) is 1.62. The lowest BCUT2D eigenvalue weighted by molar-refractivity contribution is 0.488. The molecule has 0 aliphatic heterocycles. The van der Waals surface area contributed by atoms with Gasteiger partial charge in [0.25, 0.3) is 0 Å². The van der Waals surface area contributed by atoms with Gasteiger partial charge in [0.15, 0.2) is 0 Å². The first-order valence-electron chi connectivity index (χ1n) is 5.19. The fraction of sp³-hybridized carbons (Fsp3) is 0.231. The molecule has 15 heavy (non-hydrogen) atoms. The highest BCUT2D eigenvalue weighted by molar-refractivity contribution is 5.18. The molecular formula is C13H15NO. The molecule has 0 unspecified atom stereocenters. The third-order valence-electron chi connectivity index (χ3n) is 2.51. The topological polar surface area (TPSA) is 39.2 Å². The summed E-state index contributed by atoms with van der Waals surface area (Å²) >= 11 is 0. The molecule has 2 aromatic rings. The Morgan fingerprint density at radius 3 is 2.53 bits per heavy atom. The Kier molecular flexibility index (Phi) is 3.20. The van der Waals surface area contributed by atoms with Crippen LogP contribution in [-0.2, 0) is 6.42 Å². The molecule has 2 nitrogen and oxygen atoms in total. The zero-order valence-electron chi connectivity index (χ0n) is 8.60. The molecule has 0 saturated carbocycles. The second-order valence-electron chi connectivity index (χ2n) is 3.64. The van der Waals surface area contributed by atoms with Crippen molar-refractivity contribution in [2.75, 3.05) is 0 Å². The van der Waals surface area contributed by atoms with E-state index in [-0.39, 0.29) is 6.04 Å². The van der Waals surface area contributed by atoms with Gasteiger partial charge in [0.05, 0.1) is 6.26 Å². The maximum absolute atomic E-state index is 6.07. The number of nitrogens with two attached hydrogens (primary N) is 1. The molecule has 0 saturated heterocycles. The third kappa shape index (κ3) is 2.70. The maximum atomic E-state index is 6.07. The molecule has 1 atom stereocenters. The van der Waals surface area contributed by atoms with Crippen LogP contribution in [0.1, 0.15) is 23.8 Å². The van der Waals surface area contributed by atoms with Crippen LogP contribution in [0.15, 0.2) is 53.1 Å². The molecule has 0 amide bonds. The van der Waals surface area contributed by atoms with Gasteiger partial charge in [-0.05, 0) is 24.1 Å². The van der Waals surface area contributed by atoms with E-state index in [9.17, 15) is 0 Å². The monoisotopic (exact) mass is 201 g/mol. The summed E-state index contributed by atoms with van der Waals surface area (Å²) < 4.78 is 5.26. The fourth-order valence-corrected chi connectivity index (χ4v) is 1.62. The Balaban J connectivity index is 1.90. The van der Waals surface area contributed by atoms with Crippen molar-refractivity contribution in [3.05, 3.63) is 60.1 Å². The van der Waals surface area contributed by atoms with Gasteiger partial charge in [0.2, 0.25) is 0 Å². The first kappa shape index (κ1) is 9.99. The van der Waals surface area contributed by atoms with Crippen LogP contribution in [0, 0.1) is 0 Å². The highest BCUT2D eigenvalue weighted by Gasteiger charge is 2.06. The zero-order chi connectivity index (χ0) is 10.5. The quantitative estimate of drug-likeness (QED) is 0.826. The van der Waals surface area contributed by atoms with Crippen molar-refractivity contribution in [1.29, 1.82) is 0 Å². The summed E-state index contributed by atoms with van der Waals surface area (Å²) in [5.74, 6) is 1.00. The van der Waals surface area contributed by atoms with Crippen molar-refractivity contribution in [2.45, 2.75) is 18.9 Å². The van der Waals surface area contributed by atoms with Crippen molar-refractivity contribution in [3.8, 4) is 0 Å². The van der Waals surface area contributed by atoms with Crippen LogP contribution < -0.4 is 5.73 Å². The molecular weight excluding hydrogens is 186 g/mol. The van der Waals surface area contributed by atoms with E-state index in [1.165, 1.54) is 5.56 Å². The SMILES string of the molecule is N[C@H](CCc1ccco1)c1ccccc1. The molecule has 0 radical (unpaired) electrons. The molecule has 0 bridgehead atoms. The molecule has 1 heterocycles. The van der Waals surface area contributed by atoms with E-state index in [1.54, 1.807) is 6.26 Å². The Morgan fingerprint density at radius 2 is 1.87 bits per heavy atom. The first-order chi connectivity index (χ1) is 7.36. The van der Waals surface area contributed by atoms with Crippen molar-refractivity contribution >= 4 is 0 Å². The molecule has 0 aliphatic rings. The van der Waals surface area contributed by atoms with Crippen molar-refractivity contribution < 1.29 is 4.42 Å². The Labute approximate surface area is 89.7 Å². The van der Waals surface area contributed by atoms with Gasteiger partial charge in [0.1, 0.15) is 5.76 Å². The number of hydrogen-bond donors (Lipinski definition) is 1. The molecule has 2 N–H and O–H groups in total. The van der Waals surface area contributed by atoms with E-state index in [1.807, 2.05) is 30.3 Å². The summed E-state index contributed by atoms with van der Waals surface area (Å²) in [5, 5.41) is 0. The van der Waals surface area contributed by atoms with Crippen molar-refractivity contribution in [2.24, 2.45) is 5.73 Å². The van der Waals surface area contributed by atoms with Crippen LogP contribution in [-0.4, -0.2) is 0 Å². The van der Waals surface area contributed by atoms with Gasteiger partial charge in [-0.1, -0.05) is 30.3 Å². The van der Waals surface area contributed by atoms with Crippen molar-refractivity contribution in [1.82, 2.24) is 0 Å². The van der Waals surface area contributed by atoms with Gasteiger partial charge in [-0.15, -0.1) is 0 Å². The number of rotatable bonds is 4. The number of aryl methyl sites for hydroxylation is 1. The van der Waals surface area contributed by atoms with E-state index in [2.05, 4.69) is 12.1 Å². The second-order valence-corrected chi connectivity index (χ2v) is 3.64. The van der Waals surface area contributed by atoms with E-state index in [0.29, 0.717) is 0 Å². The Morgan fingerprint density at radius 1 is 1.07 bits per heavy atom. The lowest BCUT2D eigenvalue weighted by Gasteiger charge is -2.10. The highest BCUT2D eigenvalue weighted by Crippen LogP contribution is 2.16. The predicted molar refractivity (Wildman–Crippen MR) is 60.4 cm³/mol. The predicted octanol–water partition coefficient (Wildman–Crippen LogP) is 2.91. The van der Waals surface area contributed by atoms with Gasteiger partial charge in [-0.3, -0.25) is 0 Å². The van der Waals surface area contributed by atoms with Crippen LogP contribution >= 0.6 is 0 Å². The minimum absolute atomic E-state index is 0.0938. The molecule has 78 valence electrons. The van der Waals surface area contributed by atoms with Crippen molar-refractivity contribution in [3.63, 3.8) is 0 Å². The van der Waals surface area contributed by atoms with E-state index >= 15 is 0 Å². The van der Waals surface area contributed by atoms with Gasteiger partial charge in [-0.25, -0.2) is 0 Å². The van der Waals surface area contributed by atoms with Gasteiger partial charge < -0.3 is 10.2 Å². The number of furan rings is 1.